The summed E-state index contributed by atoms with van der Waals surface area (Å²) in [6, 6.07) is 10.5. The Bertz CT molecular complexity index is 722. The van der Waals surface area contributed by atoms with Crippen molar-refractivity contribution in [2.45, 2.75) is 78.4 Å². The van der Waals surface area contributed by atoms with Crippen LogP contribution in [0, 0.1) is 11.8 Å². The Labute approximate surface area is 175 Å². The molecule has 0 unspecified atom stereocenters. The molecule has 160 valence electrons. The first kappa shape index (κ1) is 23.4. The number of benzene rings is 1. The van der Waals surface area contributed by atoms with Gasteiger partial charge in [0.05, 0.1) is 6.42 Å². The highest BCUT2D eigenvalue weighted by Gasteiger charge is 2.40. The normalized spacial score (nSPS) is 26.9. The Morgan fingerprint density at radius 2 is 2.00 bits per heavy atom. The maximum absolute atomic E-state index is 10.9. The number of carboxylic acids is 1. The molecule has 1 saturated heterocycles. The van der Waals surface area contributed by atoms with E-state index in [0.29, 0.717) is 5.92 Å². The molecule has 0 aromatic heterocycles. The molecule has 0 saturated carbocycles. The van der Waals surface area contributed by atoms with Gasteiger partial charge in [0, 0.05) is 0 Å². The summed E-state index contributed by atoms with van der Waals surface area (Å²) < 4.78 is 0. The van der Waals surface area contributed by atoms with Crippen molar-refractivity contribution in [2.24, 2.45) is 11.8 Å². The van der Waals surface area contributed by atoms with Crippen molar-refractivity contribution in [3.63, 3.8) is 0 Å². The second-order valence-electron chi connectivity index (χ2n) is 9.09. The molecule has 4 atom stereocenters. The molecule has 0 aliphatic carbocycles. The average molecular weight is 401 g/mol. The van der Waals surface area contributed by atoms with E-state index in [0.717, 1.165) is 25.7 Å². The number of carbonyl (C=O) groups is 1. The summed E-state index contributed by atoms with van der Waals surface area (Å²) in [6.07, 6.45) is 7.81. The van der Waals surface area contributed by atoms with Gasteiger partial charge in [-0.1, -0.05) is 67.5 Å². The first-order chi connectivity index (χ1) is 13.7. The molecule has 0 radical (unpaired) electrons. The van der Waals surface area contributed by atoms with E-state index in [2.05, 4.69) is 64.1 Å². The molecule has 4 heteroatoms. The molecular weight excluding hydrogens is 364 g/mol. The molecular formula is C25H36O4. The van der Waals surface area contributed by atoms with Gasteiger partial charge < -0.3 is 5.11 Å². The Kier molecular flexibility index (Phi) is 8.66. The lowest BCUT2D eigenvalue weighted by Gasteiger charge is -2.41. The van der Waals surface area contributed by atoms with Crippen LogP contribution < -0.4 is 0 Å². The highest BCUT2D eigenvalue weighted by molar-refractivity contribution is 5.67. The van der Waals surface area contributed by atoms with Crippen molar-refractivity contribution in [3.8, 4) is 0 Å². The minimum atomic E-state index is -0.848. The third-order valence-electron chi connectivity index (χ3n) is 5.56. The van der Waals surface area contributed by atoms with E-state index < -0.39 is 5.97 Å². The Hall–Kier alpha value is -1.91. The van der Waals surface area contributed by atoms with Gasteiger partial charge in [-0.25, -0.2) is 9.78 Å². The quantitative estimate of drug-likeness (QED) is 0.400. The fourth-order valence-corrected chi connectivity index (χ4v) is 4.40. The molecule has 1 aromatic rings. The molecule has 2 rings (SSSR count). The number of carboxylic acid groups (broad SMARTS) is 1. The fourth-order valence-electron chi connectivity index (χ4n) is 4.40. The maximum Gasteiger partial charge on any atom is 0.306 e. The molecule has 1 aromatic carbocycles. The first-order valence-electron chi connectivity index (χ1n) is 10.6. The Morgan fingerprint density at radius 3 is 2.62 bits per heavy atom. The number of hydrogen-bond donors (Lipinski definition) is 1. The zero-order valence-corrected chi connectivity index (χ0v) is 18.5. The largest absolute Gasteiger partial charge is 0.481 e. The van der Waals surface area contributed by atoms with Gasteiger partial charge in [-0.15, -0.1) is 0 Å². The third kappa shape index (κ3) is 8.15. The molecule has 4 nitrogen and oxygen atoms in total. The van der Waals surface area contributed by atoms with Crippen LogP contribution in [-0.2, 0) is 21.0 Å². The lowest BCUT2D eigenvalue weighted by molar-refractivity contribution is -0.418. The van der Waals surface area contributed by atoms with Crippen molar-refractivity contribution in [1.82, 2.24) is 0 Å². The number of hydrogen-bond acceptors (Lipinski definition) is 3. The van der Waals surface area contributed by atoms with Crippen molar-refractivity contribution in [1.29, 1.82) is 0 Å². The van der Waals surface area contributed by atoms with Crippen LogP contribution in [0.15, 0.2) is 53.6 Å². The minimum Gasteiger partial charge on any atom is -0.481 e. The van der Waals surface area contributed by atoms with Crippen LogP contribution in [-0.4, -0.2) is 22.8 Å². The maximum atomic E-state index is 10.9. The number of rotatable bonds is 9. The van der Waals surface area contributed by atoms with Gasteiger partial charge in [0.1, 0.15) is 11.7 Å². The van der Waals surface area contributed by atoms with Crippen LogP contribution in [0.1, 0.15) is 65.9 Å². The van der Waals surface area contributed by atoms with E-state index in [9.17, 15) is 4.79 Å². The zero-order valence-electron chi connectivity index (χ0n) is 18.5. The predicted octanol–water partition coefficient (Wildman–Crippen LogP) is 6.13. The molecule has 1 N–H and O–H groups in total. The number of aliphatic carboxylic acids is 1. The van der Waals surface area contributed by atoms with Gasteiger partial charge in [0.15, 0.2) is 0 Å². The van der Waals surface area contributed by atoms with Gasteiger partial charge in [0.25, 0.3) is 0 Å². The van der Waals surface area contributed by atoms with Crippen molar-refractivity contribution < 1.29 is 19.7 Å². The molecule has 0 amide bonds. The van der Waals surface area contributed by atoms with Crippen molar-refractivity contribution in [3.05, 3.63) is 59.2 Å². The van der Waals surface area contributed by atoms with E-state index in [-0.39, 0.29) is 24.0 Å². The lowest BCUT2D eigenvalue weighted by atomic mass is 9.80. The van der Waals surface area contributed by atoms with Gasteiger partial charge in [0.2, 0.25) is 0 Å². The average Bonchev–Trinajstić information content (AvgIpc) is 2.62. The van der Waals surface area contributed by atoms with Crippen LogP contribution in [0.2, 0.25) is 0 Å². The zero-order chi connectivity index (χ0) is 21.4. The molecule has 1 aliphatic heterocycles. The van der Waals surface area contributed by atoms with Crippen molar-refractivity contribution in [2.75, 3.05) is 0 Å². The smallest absolute Gasteiger partial charge is 0.306 e. The van der Waals surface area contributed by atoms with Crippen LogP contribution >= 0.6 is 0 Å². The van der Waals surface area contributed by atoms with Crippen LogP contribution in [0.4, 0.5) is 0 Å². The summed E-state index contributed by atoms with van der Waals surface area (Å²) in [7, 11) is 0. The van der Waals surface area contributed by atoms with Gasteiger partial charge in [-0.2, -0.15) is 0 Å². The summed E-state index contributed by atoms with van der Waals surface area (Å²) >= 11 is 0. The first-order valence-corrected chi connectivity index (χ1v) is 10.6. The van der Waals surface area contributed by atoms with E-state index >= 15 is 0 Å². The summed E-state index contributed by atoms with van der Waals surface area (Å²) in [6.45, 7) is 10.7. The Morgan fingerprint density at radius 1 is 1.31 bits per heavy atom. The van der Waals surface area contributed by atoms with Crippen LogP contribution in [0.5, 0.6) is 0 Å². The summed E-state index contributed by atoms with van der Waals surface area (Å²) in [5.41, 5.74) is 3.60. The monoisotopic (exact) mass is 400 g/mol. The fraction of sp³-hybridized carbons (Fsp3) is 0.560. The third-order valence-corrected chi connectivity index (χ3v) is 5.56. The van der Waals surface area contributed by atoms with E-state index in [4.69, 9.17) is 14.9 Å². The molecule has 29 heavy (non-hydrogen) atoms. The molecule has 1 aliphatic rings. The van der Waals surface area contributed by atoms with E-state index in [1.54, 1.807) is 0 Å². The summed E-state index contributed by atoms with van der Waals surface area (Å²) in [4.78, 5) is 22.1. The van der Waals surface area contributed by atoms with Gasteiger partial charge in [-0.3, -0.25) is 4.79 Å². The molecule has 1 fully saturated rings. The topological polar surface area (TPSA) is 55.8 Å². The minimum absolute atomic E-state index is 0.0107. The summed E-state index contributed by atoms with van der Waals surface area (Å²) in [5, 5.41) is 8.99. The highest BCUT2D eigenvalue weighted by atomic mass is 17.2. The summed E-state index contributed by atoms with van der Waals surface area (Å²) in [5.74, 6) is -0.235. The van der Waals surface area contributed by atoms with Crippen LogP contribution in [0.3, 0.4) is 0 Å². The van der Waals surface area contributed by atoms with Crippen molar-refractivity contribution >= 4 is 5.97 Å². The second kappa shape index (κ2) is 10.7. The predicted molar refractivity (Wildman–Crippen MR) is 116 cm³/mol. The van der Waals surface area contributed by atoms with E-state index in [1.807, 2.05) is 13.0 Å². The number of allylic oxidation sites excluding steroid dienone is 4. The van der Waals surface area contributed by atoms with Crippen LogP contribution in [0.25, 0.3) is 0 Å². The molecule has 0 bridgehead atoms. The molecule has 1 heterocycles. The van der Waals surface area contributed by atoms with Gasteiger partial charge in [-0.05, 0) is 63.9 Å². The second-order valence-corrected chi connectivity index (χ2v) is 9.09. The highest BCUT2D eigenvalue weighted by Crippen LogP contribution is 2.37. The SMILES string of the molecule is CC(=CCc1ccccc1)C=C(C)C[C@@H](C)C[C@]1(C)C[C@H](C)[C@@H](CC(=O)O)OO1. The van der Waals surface area contributed by atoms with E-state index in [1.165, 1.54) is 16.7 Å². The molecule has 0 spiro atoms. The Balaban J connectivity index is 1.85. The van der Waals surface area contributed by atoms with Gasteiger partial charge >= 0.3 is 5.97 Å². The lowest BCUT2D eigenvalue weighted by Crippen LogP contribution is -2.44. The standard InChI is InChI=1S/C25H36O4/c1-18(11-12-22-9-7-6-8-10-22)13-19(2)14-20(3)16-25(5)17-21(4)23(28-29-25)15-24(26)27/h6-11,13,20-21,23H,12,14-17H2,1-5H3,(H,26,27)/t20-,21+,23-,25-/m1/s1.